The summed E-state index contributed by atoms with van der Waals surface area (Å²) < 4.78 is 8.14. The van der Waals surface area contributed by atoms with Crippen molar-refractivity contribution in [1.29, 1.82) is 0 Å². The maximum atomic E-state index is 12.4. The van der Waals surface area contributed by atoms with Crippen molar-refractivity contribution in [3.8, 4) is 17.3 Å². The maximum absolute atomic E-state index is 12.4. The summed E-state index contributed by atoms with van der Waals surface area (Å²) in [6, 6.07) is 14.9. The number of nitrogens with zero attached hydrogens (tertiary/aromatic N) is 6. The van der Waals surface area contributed by atoms with Crippen LogP contribution in [0.5, 0.6) is 5.75 Å². The van der Waals surface area contributed by atoms with Gasteiger partial charge >= 0.3 is 0 Å². The average molecular weight is 567 g/mol. The number of rotatable bonds is 9. The average Bonchev–Trinajstić information content (AvgIpc) is 3.35. The lowest BCUT2D eigenvalue weighted by Gasteiger charge is -2.37. The number of fused-ring (bicyclic) bond motifs is 1. The van der Waals surface area contributed by atoms with E-state index in [1.807, 2.05) is 30.3 Å². The van der Waals surface area contributed by atoms with Crippen LogP contribution in [0, 0.1) is 0 Å². The van der Waals surface area contributed by atoms with Crippen LogP contribution in [-0.2, 0) is 4.79 Å². The Hall–Kier alpha value is -4.44. The molecule has 4 aromatic rings. The molecule has 1 amide bonds. The van der Waals surface area contributed by atoms with Gasteiger partial charge in [0.1, 0.15) is 11.4 Å². The third kappa shape index (κ3) is 5.42. The second kappa shape index (κ2) is 11.8. The van der Waals surface area contributed by atoms with E-state index in [-0.39, 0.29) is 5.91 Å². The number of carbonyl (C=O) groups is 1. The monoisotopic (exact) mass is 566 g/mol. The van der Waals surface area contributed by atoms with Crippen LogP contribution in [0.15, 0.2) is 61.3 Å². The van der Waals surface area contributed by atoms with E-state index in [0.717, 1.165) is 67.0 Å². The van der Waals surface area contributed by atoms with Crippen molar-refractivity contribution in [2.75, 3.05) is 49.8 Å². The molecule has 2 aromatic heterocycles. The molecule has 10 nitrogen and oxygen atoms in total. The van der Waals surface area contributed by atoms with Crippen LogP contribution in [0.1, 0.15) is 38.1 Å². The summed E-state index contributed by atoms with van der Waals surface area (Å²) in [5, 5.41) is 6.34. The van der Waals surface area contributed by atoms with Crippen LogP contribution in [0.3, 0.4) is 0 Å². The lowest BCUT2D eigenvalue weighted by atomic mass is 9.92. The Labute approximate surface area is 246 Å². The number of amides is 1. The fourth-order valence-corrected chi connectivity index (χ4v) is 5.91. The minimum absolute atomic E-state index is 0.274. The van der Waals surface area contributed by atoms with Crippen LogP contribution in [0.25, 0.3) is 22.6 Å². The van der Waals surface area contributed by atoms with Crippen LogP contribution in [0.2, 0.25) is 0 Å². The summed E-state index contributed by atoms with van der Waals surface area (Å²) in [4.78, 5) is 31.4. The molecule has 6 rings (SSSR count). The van der Waals surface area contributed by atoms with Crippen molar-refractivity contribution in [2.45, 2.75) is 44.2 Å². The van der Waals surface area contributed by atoms with Crippen molar-refractivity contribution in [1.82, 2.24) is 24.4 Å². The second-order valence-electron chi connectivity index (χ2n) is 11.2. The highest BCUT2D eigenvalue weighted by Gasteiger charge is 2.27. The van der Waals surface area contributed by atoms with E-state index < -0.39 is 0 Å². The van der Waals surface area contributed by atoms with Gasteiger partial charge < -0.3 is 29.7 Å². The number of benzene rings is 2. The first-order chi connectivity index (χ1) is 20.4. The van der Waals surface area contributed by atoms with E-state index in [4.69, 9.17) is 14.7 Å². The minimum Gasteiger partial charge on any atom is -0.494 e. The fraction of sp³-hybridized carbons (Fsp3) is 0.375. The van der Waals surface area contributed by atoms with Crippen molar-refractivity contribution < 1.29 is 9.53 Å². The number of hydrogen-bond acceptors (Lipinski definition) is 8. The summed E-state index contributed by atoms with van der Waals surface area (Å²) in [7, 11) is 5.89. The van der Waals surface area contributed by atoms with Gasteiger partial charge in [0.2, 0.25) is 11.9 Å². The molecule has 10 heteroatoms. The van der Waals surface area contributed by atoms with Gasteiger partial charge in [-0.25, -0.2) is 15.0 Å². The SMILES string of the molecule is C=CC(=O)Nc1cc(Nc2nccc(-c3nc4ccccc4n3C3CCC3)n2)c(OC)cc1N1CCC(N(C)C)CC1. The van der Waals surface area contributed by atoms with Crippen LogP contribution in [0.4, 0.5) is 23.0 Å². The first-order valence-electron chi connectivity index (χ1n) is 14.6. The third-order valence-corrected chi connectivity index (χ3v) is 8.46. The zero-order valence-electron chi connectivity index (χ0n) is 24.5. The lowest BCUT2D eigenvalue weighted by Crippen LogP contribution is -2.42. The zero-order chi connectivity index (χ0) is 29.2. The predicted octanol–water partition coefficient (Wildman–Crippen LogP) is 5.63. The van der Waals surface area contributed by atoms with Crippen LogP contribution in [-0.4, -0.2) is 70.7 Å². The molecular formula is C32H38N8O2. The van der Waals surface area contributed by atoms with E-state index in [1.165, 1.54) is 12.5 Å². The summed E-state index contributed by atoms with van der Waals surface area (Å²) in [5.74, 6) is 1.61. The molecule has 2 fully saturated rings. The summed E-state index contributed by atoms with van der Waals surface area (Å²) in [6.07, 6.45) is 8.60. The molecule has 218 valence electrons. The molecule has 1 aliphatic carbocycles. The van der Waals surface area contributed by atoms with Crippen molar-refractivity contribution in [2.24, 2.45) is 0 Å². The summed E-state index contributed by atoms with van der Waals surface area (Å²) in [5.41, 5.74) is 5.06. The highest BCUT2D eigenvalue weighted by Crippen LogP contribution is 2.40. The van der Waals surface area contributed by atoms with Gasteiger partial charge in [-0.15, -0.1) is 0 Å². The molecule has 0 atom stereocenters. The first kappa shape index (κ1) is 27.7. The molecule has 2 aromatic carbocycles. The number of aromatic nitrogens is 4. The second-order valence-corrected chi connectivity index (χ2v) is 11.2. The topological polar surface area (TPSA) is 100 Å². The van der Waals surface area contributed by atoms with Gasteiger partial charge in [0.25, 0.3) is 0 Å². The van der Waals surface area contributed by atoms with Gasteiger partial charge in [-0.1, -0.05) is 18.7 Å². The molecule has 0 radical (unpaired) electrons. The van der Waals surface area contributed by atoms with Gasteiger partial charge in [0.05, 0.1) is 35.2 Å². The smallest absolute Gasteiger partial charge is 0.247 e. The van der Waals surface area contributed by atoms with E-state index in [9.17, 15) is 4.79 Å². The molecule has 1 saturated heterocycles. The molecule has 0 spiro atoms. The first-order valence-corrected chi connectivity index (χ1v) is 14.6. The fourth-order valence-electron chi connectivity index (χ4n) is 5.91. The number of hydrogen-bond donors (Lipinski definition) is 2. The van der Waals surface area contributed by atoms with E-state index >= 15 is 0 Å². The van der Waals surface area contributed by atoms with Gasteiger partial charge in [0, 0.05) is 37.4 Å². The highest BCUT2D eigenvalue weighted by atomic mass is 16.5. The quantitative estimate of drug-likeness (QED) is 0.252. The van der Waals surface area contributed by atoms with E-state index in [1.54, 1.807) is 13.3 Å². The van der Waals surface area contributed by atoms with E-state index in [0.29, 0.717) is 35.2 Å². The van der Waals surface area contributed by atoms with Gasteiger partial charge in [0.15, 0.2) is 5.82 Å². The van der Waals surface area contributed by atoms with Crippen molar-refractivity contribution in [3.63, 3.8) is 0 Å². The Bertz CT molecular complexity index is 1600. The molecule has 2 N–H and O–H groups in total. The third-order valence-electron chi connectivity index (χ3n) is 8.46. The molecule has 1 saturated carbocycles. The molecule has 1 aliphatic heterocycles. The van der Waals surface area contributed by atoms with Crippen LogP contribution < -0.4 is 20.3 Å². The van der Waals surface area contributed by atoms with Gasteiger partial charge in [-0.05, 0) is 76.5 Å². The Morgan fingerprint density at radius 2 is 1.86 bits per heavy atom. The number of carbonyl (C=O) groups excluding carboxylic acids is 1. The Kier molecular flexibility index (Phi) is 7.80. The number of para-hydroxylation sites is 2. The number of methoxy groups -OCH3 is 1. The molecule has 0 unspecified atom stereocenters. The molecule has 0 bridgehead atoms. The molecular weight excluding hydrogens is 528 g/mol. The van der Waals surface area contributed by atoms with Crippen LogP contribution >= 0.6 is 0 Å². The molecule has 3 heterocycles. The minimum atomic E-state index is -0.274. The Morgan fingerprint density at radius 3 is 2.55 bits per heavy atom. The summed E-state index contributed by atoms with van der Waals surface area (Å²) in [6.45, 7) is 5.39. The maximum Gasteiger partial charge on any atom is 0.247 e. The Balaban J connectivity index is 1.34. The number of piperidine rings is 1. The normalized spacial score (nSPS) is 16.0. The standard InChI is InChI=1S/C32H38N8O2/c1-5-30(41)34-25-19-26(29(42-4)20-28(25)39-17-14-21(15-18-39)38(2)3)37-32-33-16-13-24(36-32)31-35-23-11-6-7-12-27(23)40(31)22-9-8-10-22/h5-7,11-13,16,19-22H,1,8-10,14-15,17-18H2,2-4H3,(H,34,41)(H,33,36,37). The molecule has 42 heavy (non-hydrogen) atoms. The largest absolute Gasteiger partial charge is 0.494 e. The zero-order valence-corrected chi connectivity index (χ0v) is 24.5. The highest BCUT2D eigenvalue weighted by molar-refractivity contribution is 6.02. The van der Waals surface area contributed by atoms with E-state index in [2.05, 4.69) is 62.8 Å². The number of anilines is 4. The number of imidazole rings is 1. The van der Waals surface area contributed by atoms with Crippen molar-refractivity contribution >= 4 is 40.0 Å². The van der Waals surface area contributed by atoms with Crippen molar-refractivity contribution in [3.05, 3.63) is 61.3 Å². The van der Waals surface area contributed by atoms with Gasteiger partial charge in [-0.2, -0.15) is 0 Å². The Morgan fingerprint density at radius 1 is 1.07 bits per heavy atom. The molecule has 2 aliphatic rings. The summed E-state index contributed by atoms with van der Waals surface area (Å²) >= 11 is 0. The lowest BCUT2D eigenvalue weighted by molar-refractivity contribution is -0.111. The predicted molar refractivity (Wildman–Crippen MR) is 168 cm³/mol. The van der Waals surface area contributed by atoms with Gasteiger partial charge in [-0.3, -0.25) is 4.79 Å². The number of ether oxygens (including phenoxy) is 1. The number of nitrogens with one attached hydrogen (secondary N) is 2.